The van der Waals surface area contributed by atoms with E-state index in [2.05, 4.69) is 9.71 Å². The molecule has 9 heteroatoms. The van der Waals surface area contributed by atoms with Crippen molar-refractivity contribution in [1.82, 2.24) is 4.98 Å². The number of methoxy groups -OCH3 is 3. The maximum Gasteiger partial charge on any atom is 0.265 e. The van der Waals surface area contributed by atoms with Crippen LogP contribution in [0.3, 0.4) is 0 Å². The molecule has 4 aromatic rings. The van der Waals surface area contributed by atoms with Crippen LogP contribution in [-0.4, -0.2) is 34.7 Å². The number of hydrogen-bond acceptors (Lipinski definition) is 6. The molecule has 7 nitrogen and oxygen atoms in total. The Balaban J connectivity index is 1.74. The second-order valence-electron chi connectivity index (χ2n) is 7.07. The monoisotopic (exact) mass is 468 g/mol. The Kier molecular flexibility index (Phi) is 6.06. The number of pyridine rings is 1. The quantitative estimate of drug-likeness (QED) is 0.417. The highest BCUT2D eigenvalue weighted by molar-refractivity contribution is 7.92. The first-order valence-electron chi connectivity index (χ1n) is 9.84. The summed E-state index contributed by atoms with van der Waals surface area (Å²) in [6.07, 6.45) is 0. The zero-order chi connectivity index (χ0) is 23.6. The molecule has 3 aromatic carbocycles. The van der Waals surface area contributed by atoms with Crippen molar-refractivity contribution < 1.29 is 27.0 Å². The molecule has 1 N–H and O–H groups in total. The summed E-state index contributed by atoms with van der Waals surface area (Å²) >= 11 is 0. The van der Waals surface area contributed by atoms with E-state index in [9.17, 15) is 12.8 Å². The van der Waals surface area contributed by atoms with Crippen LogP contribution in [0.25, 0.3) is 22.2 Å². The van der Waals surface area contributed by atoms with Crippen LogP contribution in [0.4, 0.5) is 10.1 Å². The van der Waals surface area contributed by atoms with E-state index in [0.717, 1.165) is 5.56 Å². The lowest BCUT2D eigenvalue weighted by atomic mass is 10.1. The maximum absolute atomic E-state index is 13.3. The summed E-state index contributed by atoms with van der Waals surface area (Å²) in [6.45, 7) is 0. The van der Waals surface area contributed by atoms with Crippen LogP contribution in [0.2, 0.25) is 0 Å². The zero-order valence-electron chi connectivity index (χ0n) is 18.1. The molecule has 1 heterocycles. The van der Waals surface area contributed by atoms with E-state index in [4.69, 9.17) is 14.2 Å². The van der Waals surface area contributed by atoms with Gasteiger partial charge in [-0.1, -0.05) is 0 Å². The van der Waals surface area contributed by atoms with Gasteiger partial charge >= 0.3 is 0 Å². The molecule has 33 heavy (non-hydrogen) atoms. The van der Waals surface area contributed by atoms with Gasteiger partial charge in [-0.15, -0.1) is 0 Å². The summed E-state index contributed by atoms with van der Waals surface area (Å²) in [6, 6.07) is 17.2. The smallest absolute Gasteiger partial charge is 0.265 e. The van der Waals surface area contributed by atoms with Gasteiger partial charge < -0.3 is 14.2 Å². The molecule has 0 amide bonds. The number of nitrogens with zero attached hydrogens (tertiary/aromatic N) is 1. The molecule has 0 radical (unpaired) electrons. The van der Waals surface area contributed by atoms with Gasteiger partial charge in [-0.2, -0.15) is 0 Å². The molecule has 0 atom stereocenters. The molecule has 0 fully saturated rings. The van der Waals surface area contributed by atoms with Crippen LogP contribution in [0, 0.1) is 5.82 Å². The maximum atomic E-state index is 13.3. The van der Waals surface area contributed by atoms with Crippen LogP contribution >= 0.6 is 0 Å². The van der Waals surface area contributed by atoms with Crippen molar-refractivity contribution in [3.63, 3.8) is 0 Å². The minimum Gasteiger partial charge on any atom is -0.497 e. The topological polar surface area (TPSA) is 86.8 Å². The second-order valence-corrected chi connectivity index (χ2v) is 8.72. The molecule has 0 bridgehead atoms. The zero-order valence-corrected chi connectivity index (χ0v) is 18.9. The summed E-state index contributed by atoms with van der Waals surface area (Å²) in [5.41, 5.74) is 2.25. The van der Waals surface area contributed by atoms with Crippen molar-refractivity contribution in [2.45, 2.75) is 4.90 Å². The average molecular weight is 469 g/mol. The van der Waals surface area contributed by atoms with Gasteiger partial charge in [0, 0.05) is 28.8 Å². The predicted octanol–water partition coefficient (Wildman–Crippen LogP) is 4.87. The molecule has 0 saturated heterocycles. The number of sulfonamides is 1. The van der Waals surface area contributed by atoms with Crippen LogP contribution in [-0.2, 0) is 10.0 Å². The Bertz CT molecular complexity index is 1420. The van der Waals surface area contributed by atoms with Gasteiger partial charge in [-0.3, -0.25) is 4.72 Å². The average Bonchev–Trinajstić information content (AvgIpc) is 2.83. The van der Waals surface area contributed by atoms with Gasteiger partial charge in [-0.05, 0) is 54.6 Å². The van der Waals surface area contributed by atoms with Crippen molar-refractivity contribution in [3.05, 3.63) is 72.5 Å². The highest BCUT2D eigenvalue weighted by Crippen LogP contribution is 2.34. The lowest BCUT2D eigenvalue weighted by Crippen LogP contribution is -2.14. The molecular formula is C24H21FN2O5S. The van der Waals surface area contributed by atoms with Crippen LogP contribution in [0.15, 0.2) is 71.6 Å². The highest BCUT2D eigenvalue weighted by atomic mass is 32.2. The van der Waals surface area contributed by atoms with E-state index < -0.39 is 10.0 Å². The number of halogens is 1. The summed E-state index contributed by atoms with van der Waals surface area (Å²) in [4.78, 5) is 4.56. The first-order valence-corrected chi connectivity index (χ1v) is 11.3. The number of fused-ring (bicyclic) bond motifs is 1. The number of hydrogen-bond donors (Lipinski definition) is 1. The van der Waals surface area contributed by atoms with Crippen LogP contribution < -0.4 is 18.9 Å². The molecule has 0 aliphatic carbocycles. The summed E-state index contributed by atoms with van der Waals surface area (Å²) < 4.78 is 57.9. The standard InChI is InChI=1S/C24H21FN2O5S/c1-30-18-9-11-22(31-2)24(13-18)33(28,29)27-17-8-10-20-19(12-17)23(32-3)14-21(26-20)15-4-6-16(25)7-5-15/h4-14,27H,1-3H3. The van der Waals surface area contributed by atoms with Crippen molar-refractivity contribution in [2.75, 3.05) is 26.1 Å². The molecule has 4 rings (SSSR count). The van der Waals surface area contributed by atoms with E-state index in [1.807, 2.05) is 0 Å². The fourth-order valence-corrected chi connectivity index (χ4v) is 4.63. The van der Waals surface area contributed by atoms with Gasteiger partial charge in [0.05, 0.1) is 32.5 Å². The fraction of sp³-hybridized carbons (Fsp3) is 0.125. The van der Waals surface area contributed by atoms with Crippen molar-refractivity contribution in [2.24, 2.45) is 0 Å². The minimum atomic E-state index is -3.98. The summed E-state index contributed by atoms with van der Waals surface area (Å²) in [5.74, 6) is 0.733. The van der Waals surface area contributed by atoms with Crippen molar-refractivity contribution in [1.29, 1.82) is 0 Å². The molecular weight excluding hydrogens is 447 g/mol. The lowest BCUT2D eigenvalue weighted by Gasteiger charge is -2.14. The Morgan fingerprint density at radius 2 is 1.55 bits per heavy atom. The third-order valence-corrected chi connectivity index (χ3v) is 6.45. The summed E-state index contributed by atoms with van der Waals surface area (Å²) in [5, 5.41) is 0.612. The Morgan fingerprint density at radius 3 is 2.21 bits per heavy atom. The van der Waals surface area contributed by atoms with E-state index in [1.165, 1.54) is 45.6 Å². The SMILES string of the molecule is COc1ccc(OC)c(S(=O)(=O)Nc2ccc3nc(-c4ccc(F)cc4)cc(OC)c3c2)c1. The third kappa shape index (κ3) is 4.54. The Morgan fingerprint density at radius 1 is 0.818 bits per heavy atom. The molecule has 1 aromatic heterocycles. The largest absolute Gasteiger partial charge is 0.497 e. The third-order valence-electron chi connectivity index (χ3n) is 5.04. The highest BCUT2D eigenvalue weighted by Gasteiger charge is 2.21. The first-order chi connectivity index (χ1) is 15.8. The lowest BCUT2D eigenvalue weighted by molar-refractivity contribution is 0.392. The fourth-order valence-electron chi connectivity index (χ4n) is 3.40. The van der Waals surface area contributed by atoms with Crippen LogP contribution in [0.1, 0.15) is 0 Å². The van der Waals surface area contributed by atoms with E-state index in [0.29, 0.717) is 33.8 Å². The molecule has 0 aliphatic heterocycles. The normalized spacial score (nSPS) is 11.3. The van der Waals surface area contributed by atoms with Crippen molar-refractivity contribution in [3.8, 4) is 28.5 Å². The van der Waals surface area contributed by atoms with E-state index in [-0.39, 0.29) is 16.5 Å². The molecule has 0 spiro atoms. The number of nitrogens with one attached hydrogen (secondary N) is 1. The molecule has 0 unspecified atom stereocenters. The van der Waals surface area contributed by atoms with Gasteiger partial charge in [0.1, 0.15) is 28.0 Å². The number of ether oxygens (including phenoxy) is 3. The minimum absolute atomic E-state index is 0.0544. The number of benzene rings is 3. The van der Waals surface area contributed by atoms with Crippen molar-refractivity contribution >= 4 is 26.6 Å². The van der Waals surface area contributed by atoms with E-state index in [1.54, 1.807) is 42.5 Å². The summed E-state index contributed by atoms with van der Waals surface area (Å²) in [7, 11) is 0.379. The van der Waals surface area contributed by atoms with Gasteiger partial charge in [0.2, 0.25) is 0 Å². The number of anilines is 1. The van der Waals surface area contributed by atoms with Gasteiger partial charge in [-0.25, -0.2) is 17.8 Å². The Hall–Kier alpha value is -3.85. The first kappa shape index (κ1) is 22.3. The van der Waals surface area contributed by atoms with Gasteiger partial charge in [0.15, 0.2) is 0 Å². The number of rotatable bonds is 7. The predicted molar refractivity (Wildman–Crippen MR) is 124 cm³/mol. The van der Waals surface area contributed by atoms with E-state index >= 15 is 0 Å². The van der Waals surface area contributed by atoms with Crippen LogP contribution in [0.5, 0.6) is 17.2 Å². The molecule has 0 aliphatic rings. The molecule has 170 valence electrons. The molecule has 0 saturated carbocycles. The second kappa shape index (κ2) is 8.95. The Labute approximate surface area is 190 Å². The van der Waals surface area contributed by atoms with Gasteiger partial charge in [0.25, 0.3) is 10.0 Å². The number of aromatic nitrogens is 1.